The summed E-state index contributed by atoms with van der Waals surface area (Å²) in [6.07, 6.45) is 3.37. The lowest BCUT2D eigenvalue weighted by Crippen LogP contribution is -2.36. The Morgan fingerprint density at radius 1 is 1.23 bits per heavy atom. The number of esters is 1. The number of primary amides is 1. The molecule has 0 bridgehead atoms. The highest BCUT2D eigenvalue weighted by atomic mass is 16.5. The van der Waals surface area contributed by atoms with Gasteiger partial charge >= 0.3 is 5.97 Å². The van der Waals surface area contributed by atoms with Crippen molar-refractivity contribution in [3.63, 3.8) is 0 Å². The maximum absolute atomic E-state index is 12.0. The van der Waals surface area contributed by atoms with E-state index in [4.69, 9.17) is 10.5 Å². The summed E-state index contributed by atoms with van der Waals surface area (Å²) in [4.78, 5) is 36.3. The van der Waals surface area contributed by atoms with Crippen LogP contribution in [0.4, 0.5) is 0 Å². The van der Waals surface area contributed by atoms with Crippen LogP contribution >= 0.6 is 0 Å². The fourth-order valence-electron chi connectivity index (χ4n) is 2.45. The van der Waals surface area contributed by atoms with Crippen molar-refractivity contribution in [2.24, 2.45) is 5.73 Å². The first kappa shape index (κ1) is 16.0. The fraction of sp³-hybridized carbons (Fsp3) is 0.438. The van der Waals surface area contributed by atoms with Gasteiger partial charge < -0.3 is 15.4 Å². The summed E-state index contributed by atoms with van der Waals surface area (Å²) in [7, 11) is 0. The molecule has 2 amide bonds. The molecule has 0 saturated carbocycles. The van der Waals surface area contributed by atoms with Gasteiger partial charge in [0.2, 0.25) is 11.8 Å². The number of nitrogens with two attached hydrogens (primary N) is 1. The molecule has 0 aliphatic carbocycles. The van der Waals surface area contributed by atoms with Crippen LogP contribution in [0.25, 0.3) is 0 Å². The van der Waals surface area contributed by atoms with Gasteiger partial charge in [-0.1, -0.05) is 18.6 Å². The lowest BCUT2D eigenvalue weighted by molar-refractivity contribution is -0.142. The number of nitrogens with zero attached hydrogens (tertiary/aromatic N) is 1. The molecule has 1 aromatic rings. The van der Waals surface area contributed by atoms with Gasteiger partial charge in [0, 0.05) is 13.0 Å². The van der Waals surface area contributed by atoms with Crippen molar-refractivity contribution in [1.29, 1.82) is 0 Å². The zero-order valence-corrected chi connectivity index (χ0v) is 12.4. The smallest absolute Gasteiger partial charge is 0.331 e. The summed E-state index contributed by atoms with van der Waals surface area (Å²) >= 11 is 0. The second-order valence-corrected chi connectivity index (χ2v) is 5.39. The number of ether oxygens (including phenoxy) is 1. The van der Waals surface area contributed by atoms with Crippen LogP contribution in [0.2, 0.25) is 0 Å². The van der Waals surface area contributed by atoms with Crippen molar-refractivity contribution in [2.75, 3.05) is 13.1 Å². The molecule has 6 heteroatoms. The first-order valence-corrected chi connectivity index (χ1v) is 7.40. The minimum atomic E-state index is -0.480. The van der Waals surface area contributed by atoms with Gasteiger partial charge in [-0.25, -0.2) is 4.79 Å². The molecule has 1 aliphatic heterocycles. The molecule has 0 radical (unpaired) electrons. The molecule has 118 valence electrons. The SMILES string of the molecule is NC(=O)Cc1cccc(OC(=O)CN2CCCCCC2=O)c1. The van der Waals surface area contributed by atoms with Gasteiger partial charge in [0.05, 0.1) is 6.42 Å². The van der Waals surface area contributed by atoms with Crippen LogP contribution in [0.15, 0.2) is 24.3 Å². The van der Waals surface area contributed by atoms with Gasteiger partial charge in [-0.15, -0.1) is 0 Å². The molecule has 1 aromatic carbocycles. The Hall–Kier alpha value is -2.37. The maximum Gasteiger partial charge on any atom is 0.331 e. The topological polar surface area (TPSA) is 89.7 Å². The molecule has 1 heterocycles. The number of hydrogen-bond donors (Lipinski definition) is 1. The second-order valence-electron chi connectivity index (χ2n) is 5.39. The second kappa shape index (κ2) is 7.59. The lowest BCUT2D eigenvalue weighted by Gasteiger charge is -2.19. The highest BCUT2D eigenvalue weighted by molar-refractivity contribution is 5.83. The number of carbonyl (C=O) groups is 3. The van der Waals surface area contributed by atoms with E-state index in [1.165, 1.54) is 0 Å². The molecular formula is C16H20N2O4. The average Bonchev–Trinajstić information content (AvgIpc) is 2.64. The third kappa shape index (κ3) is 4.87. The Bertz CT molecular complexity index is 571. The van der Waals surface area contributed by atoms with Crippen molar-refractivity contribution in [3.05, 3.63) is 29.8 Å². The van der Waals surface area contributed by atoms with E-state index in [1.807, 2.05) is 0 Å². The van der Waals surface area contributed by atoms with Crippen LogP contribution in [0.5, 0.6) is 5.75 Å². The van der Waals surface area contributed by atoms with Crippen LogP contribution in [0, 0.1) is 0 Å². The quantitative estimate of drug-likeness (QED) is 0.649. The normalized spacial score (nSPS) is 15.3. The van der Waals surface area contributed by atoms with Gasteiger partial charge in [0.15, 0.2) is 0 Å². The Labute approximate surface area is 129 Å². The first-order chi connectivity index (χ1) is 10.5. The van der Waals surface area contributed by atoms with Crippen LogP contribution in [-0.2, 0) is 20.8 Å². The van der Waals surface area contributed by atoms with Crippen molar-refractivity contribution in [3.8, 4) is 5.75 Å². The van der Waals surface area contributed by atoms with E-state index in [0.29, 0.717) is 24.3 Å². The van der Waals surface area contributed by atoms with Crippen LogP contribution in [0.3, 0.4) is 0 Å². The van der Waals surface area contributed by atoms with E-state index >= 15 is 0 Å². The number of amides is 2. The summed E-state index contributed by atoms with van der Waals surface area (Å²) in [5.74, 6) is -0.576. The van der Waals surface area contributed by atoms with Gasteiger partial charge in [0.25, 0.3) is 0 Å². The molecular weight excluding hydrogens is 284 g/mol. The van der Waals surface area contributed by atoms with E-state index in [0.717, 1.165) is 19.3 Å². The van der Waals surface area contributed by atoms with Crippen LogP contribution in [0.1, 0.15) is 31.2 Å². The van der Waals surface area contributed by atoms with Crippen molar-refractivity contribution in [2.45, 2.75) is 32.1 Å². The van der Waals surface area contributed by atoms with Crippen molar-refractivity contribution >= 4 is 17.8 Å². The number of hydrogen-bond acceptors (Lipinski definition) is 4. The summed E-state index contributed by atoms with van der Waals surface area (Å²) in [5, 5.41) is 0. The third-order valence-electron chi connectivity index (χ3n) is 3.50. The monoisotopic (exact) mass is 304 g/mol. The molecule has 6 nitrogen and oxygen atoms in total. The van der Waals surface area contributed by atoms with E-state index in [-0.39, 0.29) is 18.9 Å². The molecule has 0 unspecified atom stereocenters. The van der Waals surface area contributed by atoms with Crippen molar-refractivity contribution < 1.29 is 19.1 Å². The molecule has 22 heavy (non-hydrogen) atoms. The molecule has 0 spiro atoms. The number of rotatable bonds is 5. The van der Waals surface area contributed by atoms with E-state index < -0.39 is 11.9 Å². The highest BCUT2D eigenvalue weighted by Gasteiger charge is 2.20. The minimum Gasteiger partial charge on any atom is -0.425 e. The van der Waals surface area contributed by atoms with Gasteiger partial charge in [-0.2, -0.15) is 0 Å². The van der Waals surface area contributed by atoms with Gasteiger partial charge in [-0.3, -0.25) is 9.59 Å². The fourth-order valence-corrected chi connectivity index (χ4v) is 2.45. The number of benzene rings is 1. The molecule has 0 atom stereocenters. The third-order valence-corrected chi connectivity index (χ3v) is 3.50. The van der Waals surface area contributed by atoms with Crippen LogP contribution in [-0.4, -0.2) is 35.8 Å². The minimum absolute atomic E-state index is 0.00284. The summed E-state index contributed by atoms with van der Waals surface area (Å²) in [6, 6.07) is 6.66. The lowest BCUT2D eigenvalue weighted by atomic mass is 10.1. The standard InChI is InChI=1S/C16H20N2O4/c17-14(19)10-12-5-4-6-13(9-12)22-16(21)11-18-8-3-1-2-7-15(18)20/h4-6,9H,1-3,7-8,10-11H2,(H2,17,19). The average molecular weight is 304 g/mol. The van der Waals surface area contributed by atoms with Crippen LogP contribution < -0.4 is 10.5 Å². The van der Waals surface area contributed by atoms with E-state index in [2.05, 4.69) is 0 Å². The molecule has 1 saturated heterocycles. The largest absolute Gasteiger partial charge is 0.425 e. The summed E-state index contributed by atoms with van der Waals surface area (Å²) in [6.45, 7) is 0.550. The predicted molar refractivity (Wildman–Crippen MR) is 80.0 cm³/mol. The summed E-state index contributed by atoms with van der Waals surface area (Å²) in [5.41, 5.74) is 5.82. The maximum atomic E-state index is 12.0. The zero-order chi connectivity index (χ0) is 15.9. The zero-order valence-electron chi connectivity index (χ0n) is 12.4. The van der Waals surface area contributed by atoms with E-state index in [1.54, 1.807) is 29.2 Å². The van der Waals surface area contributed by atoms with E-state index in [9.17, 15) is 14.4 Å². The number of carbonyl (C=O) groups excluding carboxylic acids is 3. The molecule has 0 aromatic heterocycles. The predicted octanol–water partition coefficient (Wildman–Crippen LogP) is 1.02. The Balaban J connectivity index is 1.93. The van der Waals surface area contributed by atoms with Gasteiger partial charge in [0.1, 0.15) is 12.3 Å². The number of likely N-dealkylation sites (tertiary alicyclic amines) is 1. The molecule has 2 N–H and O–H groups in total. The summed E-state index contributed by atoms with van der Waals surface area (Å²) < 4.78 is 5.24. The Morgan fingerprint density at radius 2 is 2.05 bits per heavy atom. The molecule has 1 fully saturated rings. The first-order valence-electron chi connectivity index (χ1n) is 7.40. The Kier molecular flexibility index (Phi) is 5.52. The van der Waals surface area contributed by atoms with Crippen molar-refractivity contribution in [1.82, 2.24) is 4.90 Å². The molecule has 2 rings (SSSR count). The highest BCUT2D eigenvalue weighted by Crippen LogP contribution is 2.15. The Morgan fingerprint density at radius 3 is 2.82 bits per heavy atom. The molecule has 1 aliphatic rings. The van der Waals surface area contributed by atoms with Gasteiger partial charge in [-0.05, 0) is 30.5 Å².